The van der Waals surface area contributed by atoms with E-state index in [1.54, 1.807) is 0 Å². The van der Waals surface area contributed by atoms with Crippen LogP contribution < -0.4 is 25.5 Å². The minimum Gasteiger partial charge on any atom is -0.454 e. The monoisotopic (exact) mass is 515 g/mol. The van der Waals surface area contributed by atoms with Gasteiger partial charge in [-0.25, -0.2) is 5.43 Å². The quantitative estimate of drug-likeness (QED) is 0.162. The number of nitro groups is 2. The van der Waals surface area contributed by atoms with Crippen LogP contribution in [-0.2, 0) is 0 Å². The van der Waals surface area contributed by atoms with Gasteiger partial charge in [-0.05, 0) is 30.3 Å². The first-order valence-electron chi connectivity index (χ1n) is 10.9. The van der Waals surface area contributed by atoms with Crippen LogP contribution in [0.5, 0.6) is 11.5 Å². The molecule has 2 heterocycles. The molecule has 0 amide bonds. The SMILES string of the molecule is O=[N+]([O-])c1ccc(Nc2nc(N/N=C\c3cc4c(cc3[N+](=O)[O-])OCO4)nc(Nc3ccccc3)n2)cc1. The molecule has 0 fully saturated rings. The van der Waals surface area contributed by atoms with Crippen LogP contribution in [0.15, 0.2) is 71.8 Å². The summed E-state index contributed by atoms with van der Waals surface area (Å²) in [5.74, 6) is 0.933. The molecule has 5 rings (SSSR count). The van der Waals surface area contributed by atoms with E-state index in [0.29, 0.717) is 17.1 Å². The van der Waals surface area contributed by atoms with E-state index in [9.17, 15) is 20.2 Å². The number of para-hydroxylation sites is 1. The van der Waals surface area contributed by atoms with Gasteiger partial charge in [-0.2, -0.15) is 20.1 Å². The lowest BCUT2D eigenvalue weighted by Gasteiger charge is -2.10. The molecule has 0 aliphatic carbocycles. The predicted molar refractivity (Wildman–Crippen MR) is 136 cm³/mol. The van der Waals surface area contributed by atoms with Crippen molar-refractivity contribution in [3.63, 3.8) is 0 Å². The zero-order chi connectivity index (χ0) is 26.5. The topological polar surface area (TPSA) is 192 Å². The van der Waals surface area contributed by atoms with Gasteiger partial charge in [0.25, 0.3) is 11.4 Å². The van der Waals surface area contributed by atoms with Crippen molar-refractivity contribution in [3.05, 3.63) is 92.5 Å². The maximum Gasteiger partial charge on any atom is 0.282 e. The number of hydrogen-bond acceptors (Lipinski definition) is 13. The van der Waals surface area contributed by atoms with E-state index in [4.69, 9.17) is 9.47 Å². The second-order valence-electron chi connectivity index (χ2n) is 7.62. The van der Waals surface area contributed by atoms with Gasteiger partial charge in [0.15, 0.2) is 11.5 Å². The summed E-state index contributed by atoms with van der Waals surface area (Å²) in [5.41, 5.74) is 3.75. The van der Waals surface area contributed by atoms with E-state index in [-0.39, 0.29) is 47.3 Å². The number of anilines is 5. The van der Waals surface area contributed by atoms with Crippen molar-refractivity contribution in [2.75, 3.05) is 22.9 Å². The Bertz CT molecular complexity index is 1530. The van der Waals surface area contributed by atoms with Crippen molar-refractivity contribution in [3.8, 4) is 11.5 Å². The van der Waals surface area contributed by atoms with Crippen LogP contribution in [0.2, 0.25) is 0 Å². The maximum absolute atomic E-state index is 11.5. The summed E-state index contributed by atoms with van der Waals surface area (Å²) in [6.07, 6.45) is 1.23. The van der Waals surface area contributed by atoms with Crippen molar-refractivity contribution in [1.82, 2.24) is 15.0 Å². The van der Waals surface area contributed by atoms with Gasteiger partial charge in [-0.1, -0.05) is 18.2 Å². The molecule has 0 radical (unpaired) electrons. The molecule has 4 aromatic rings. The highest BCUT2D eigenvalue weighted by Crippen LogP contribution is 2.37. The molecule has 0 spiro atoms. The summed E-state index contributed by atoms with van der Waals surface area (Å²) in [6, 6.07) is 17.6. The molecule has 0 unspecified atom stereocenters. The van der Waals surface area contributed by atoms with Crippen LogP contribution in [-0.4, -0.2) is 37.8 Å². The summed E-state index contributed by atoms with van der Waals surface area (Å²) < 4.78 is 10.5. The molecule has 15 heteroatoms. The van der Waals surface area contributed by atoms with Crippen LogP contribution in [0.25, 0.3) is 0 Å². The second-order valence-corrected chi connectivity index (χ2v) is 7.62. The van der Waals surface area contributed by atoms with E-state index < -0.39 is 9.85 Å². The van der Waals surface area contributed by atoms with Gasteiger partial charge in [0.1, 0.15) is 0 Å². The normalized spacial score (nSPS) is 11.8. The molecule has 38 heavy (non-hydrogen) atoms. The summed E-state index contributed by atoms with van der Waals surface area (Å²) in [7, 11) is 0. The van der Waals surface area contributed by atoms with Gasteiger partial charge >= 0.3 is 0 Å². The van der Waals surface area contributed by atoms with Crippen molar-refractivity contribution < 1.29 is 19.3 Å². The minimum atomic E-state index is -0.555. The fourth-order valence-corrected chi connectivity index (χ4v) is 3.35. The molecule has 1 aliphatic heterocycles. The number of nitrogens with one attached hydrogen (secondary N) is 3. The Morgan fingerprint density at radius 2 is 1.39 bits per heavy atom. The van der Waals surface area contributed by atoms with Crippen LogP contribution in [0.4, 0.5) is 40.6 Å². The third-order valence-electron chi connectivity index (χ3n) is 5.09. The molecule has 1 aromatic heterocycles. The summed E-state index contributed by atoms with van der Waals surface area (Å²) in [6.45, 7) is -0.0298. The lowest BCUT2D eigenvalue weighted by atomic mass is 10.1. The lowest BCUT2D eigenvalue weighted by molar-refractivity contribution is -0.385. The molecular formula is C23H17N9O6. The number of hydrogen-bond donors (Lipinski definition) is 3. The first kappa shape index (κ1) is 23.9. The maximum atomic E-state index is 11.5. The molecule has 190 valence electrons. The molecule has 0 saturated heterocycles. The highest BCUT2D eigenvalue weighted by atomic mass is 16.7. The Kier molecular flexibility index (Phi) is 6.53. The first-order valence-corrected chi connectivity index (χ1v) is 10.9. The Labute approximate surface area is 213 Å². The number of hydrazone groups is 1. The standard InChI is InChI=1S/C23H17N9O6/c33-31(34)17-8-6-16(7-9-17)26-22-27-21(25-15-4-2-1-3-5-15)28-23(29-22)30-24-12-14-10-19-20(38-13-37-19)11-18(14)32(35)36/h1-12H,13H2,(H3,25,26,27,28,29,30)/b24-12-. The summed E-state index contributed by atoms with van der Waals surface area (Å²) >= 11 is 0. The van der Waals surface area contributed by atoms with Gasteiger partial charge in [0.05, 0.1) is 27.7 Å². The average Bonchev–Trinajstić information content (AvgIpc) is 3.36. The molecule has 15 nitrogen and oxygen atoms in total. The highest BCUT2D eigenvalue weighted by molar-refractivity contribution is 5.87. The van der Waals surface area contributed by atoms with Gasteiger partial charge in [-0.3, -0.25) is 20.2 Å². The van der Waals surface area contributed by atoms with Gasteiger partial charge in [-0.15, -0.1) is 0 Å². The summed E-state index contributed by atoms with van der Waals surface area (Å²) in [4.78, 5) is 34.2. The number of nitrogens with zero attached hydrogens (tertiary/aromatic N) is 6. The largest absolute Gasteiger partial charge is 0.454 e. The van der Waals surface area contributed by atoms with Crippen LogP contribution in [0, 0.1) is 20.2 Å². The third kappa shape index (κ3) is 5.51. The van der Waals surface area contributed by atoms with Gasteiger partial charge in [0, 0.05) is 23.5 Å². The third-order valence-corrected chi connectivity index (χ3v) is 5.09. The average molecular weight is 515 g/mol. The number of ether oxygens (including phenoxy) is 2. The van der Waals surface area contributed by atoms with E-state index in [0.717, 1.165) is 0 Å². The molecule has 3 N–H and O–H groups in total. The van der Waals surface area contributed by atoms with Crippen LogP contribution in [0.3, 0.4) is 0 Å². The molecule has 3 aromatic carbocycles. The molecular weight excluding hydrogens is 498 g/mol. The fraction of sp³-hybridized carbons (Fsp3) is 0.0435. The lowest BCUT2D eigenvalue weighted by Crippen LogP contribution is -2.07. The van der Waals surface area contributed by atoms with E-state index in [1.807, 2.05) is 30.3 Å². The zero-order valence-corrected chi connectivity index (χ0v) is 19.3. The van der Waals surface area contributed by atoms with E-state index in [1.165, 1.54) is 42.6 Å². The van der Waals surface area contributed by atoms with Crippen LogP contribution in [0.1, 0.15) is 5.56 Å². The van der Waals surface area contributed by atoms with Crippen molar-refractivity contribution in [2.45, 2.75) is 0 Å². The van der Waals surface area contributed by atoms with Crippen molar-refractivity contribution in [1.29, 1.82) is 0 Å². The minimum absolute atomic E-state index is 0.0162. The Hall–Kier alpha value is -5.86. The van der Waals surface area contributed by atoms with Crippen LogP contribution >= 0.6 is 0 Å². The Balaban J connectivity index is 1.41. The molecule has 0 saturated carbocycles. The highest BCUT2D eigenvalue weighted by Gasteiger charge is 2.22. The number of non-ortho nitro benzene ring substituents is 1. The van der Waals surface area contributed by atoms with Gasteiger partial charge in [0.2, 0.25) is 24.6 Å². The predicted octanol–water partition coefficient (Wildman–Crippen LogP) is 4.35. The number of rotatable bonds is 9. The fourth-order valence-electron chi connectivity index (χ4n) is 3.35. The van der Waals surface area contributed by atoms with Crippen molar-refractivity contribution in [2.24, 2.45) is 5.10 Å². The Morgan fingerprint density at radius 3 is 2.03 bits per heavy atom. The first-order chi connectivity index (χ1) is 18.4. The number of fused-ring (bicyclic) bond motifs is 1. The number of benzene rings is 3. The zero-order valence-electron chi connectivity index (χ0n) is 19.3. The molecule has 1 aliphatic rings. The van der Waals surface area contributed by atoms with Gasteiger partial charge < -0.3 is 20.1 Å². The van der Waals surface area contributed by atoms with E-state index in [2.05, 4.69) is 36.1 Å². The second kappa shape index (κ2) is 10.4. The van der Waals surface area contributed by atoms with E-state index >= 15 is 0 Å². The molecule has 0 bridgehead atoms. The molecule has 0 atom stereocenters. The number of aromatic nitrogens is 3. The smallest absolute Gasteiger partial charge is 0.282 e. The van der Waals surface area contributed by atoms with Crippen molar-refractivity contribution >= 4 is 46.8 Å². The summed E-state index contributed by atoms with van der Waals surface area (Å²) in [5, 5.41) is 32.5. The Morgan fingerprint density at radius 1 is 0.789 bits per heavy atom. The number of nitro benzene ring substituents is 2.